The van der Waals surface area contributed by atoms with Gasteiger partial charge in [-0.1, -0.05) is 22.0 Å². The van der Waals surface area contributed by atoms with Crippen molar-refractivity contribution in [1.29, 1.82) is 0 Å². The lowest BCUT2D eigenvalue weighted by Crippen LogP contribution is -2.51. The van der Waals surface area contributed by atoms with E-state index in [0.717, 1.165) is 0 Å². The number of hydrogen-bond acceptors (Lipinski definition) is 5. The van der Waals surface area contributed by atoms with E-state index in [2.05, 4.69) is 21.2 Å². The molecule has 0 radical (unpaired) electrons. The summed E-state index contributed by atoms with van der Waals surface area (Å²) in [4.78, 5) is 26.0. The fourth-order valence-electron chi connectivity index (χ4n) is 2.79. The first-order chi connectivity index (χ1) is 12.5. The molecule has 1 N–H and O–H groups in total. The zero-order chi connectivity index (χ0) is 20.2. The first kappa shape index (κ1) is 21.7. The predicted octanol–water partition coefficient (Wildman–Crippen LogP) is 2.74. The van der Waals surface area contributed by atoms with Crippen molar-refractivity contribution in [3.63, 3.8) is 0 Å². The number of sulfone groups is 1. The number of likely N-dealkylation sites (tertiary alicyclic amines) is 1. The van der Waals surface area contributed by atoms with Crippen LogP contribution in [0.5, 0.6) is 0 Å². The second kappa shape index (κ2) is 8.60. The molecule has 1 unspecified atom stereocenters. The minimum absolute atomic E-state index is 0.102. The number of ether oxygens (including phenoxy) is 1. The number of nitrogens with zero attached hydrogens (tertiary/aromatic N) is 1. The summed E-state index contributed by atoms with van der Waals surface area (Å²) in [6.07, 6.45) is 0.855. The van der Waals surface area contributed by atoms with E-state index in [0.29, 0.717) is 23.9 Å². The van der Waals surface area contributed by atoms with Crippen LogP contribution in [0.1, 0.15) is 33.6 Å². The lowest BCUT2D eigenvalue weighted by molar-refractivity contribution is -0.129. The summed E-state index contributed by atoms with van der Waals surface area (Å²) in [5.41, 5.74) is -0.605. The molecule has 1 aromatic carbocycles. The lowest BCUT2D eigenvalue weighted by Gasteiger charge is -2.33. The van der Waals surface area contributed by atoms with Crippen LogP contribution < -0.4 is 5.32 Å². The van der Waals surface area contributed by atoms with Gasteiger partial charge >= 0.3 is 6.09 Å². The van der Waals surface area contributed by atoms with Crippen LogP contribution in [0.4, 0.5) is 4.79 Å². The molecular formula is C18H25BrN2O5S. The van der Waals surface area contributed by atoms with Crippen LogP contribution in [0.25, 0.3) is 0 Å². The van der Waals surface area contributed by atoms with Gasteiger partial charge in [0.25, 0.3) is 0 Å². The standard InChI is InChI=1S/C18H25BrN2O5S/c1-18(2,3)26-17(23)20-14-7-5-9-21(11-14)16(22)12-27(24,25)15-8-4-6-13(19)10-15/h4,6,8,10,14H,5,7,9,11-12H2,1-3H3,(H,20,23). The Balaban J connectivity index is 1.97. The van der Waals surface area contributed by atoms with Crippen molar-refractivity contribution in [2.75, 3.05) is 18.8 Å². The number of carbonyl (C=O) groups is 2. The molecule has 1 fully saturated rings. The number of rotatable bonds is 4. The summed E-state index contributed by atoms with van der Waals surface area (Å²) < 4.78 is 30.9. The molecule has 7 nitrogen and oxygen atoms in total. The molecule has 2 amide bonds. The molecule has 1 aliphatic heterocycles. The molecule has 9 heteroatoms. The van der Waals surface area contributed by atoms with E-state index in [1.165, 1.54) is 17.0 Å². The number of alkyl carbamates (subject to hydrolysis) is 1. The average Bonchev–Trinajstić information content (AvgIpc) is 2.53. The SMILES string of the molecule is CC(C)(C)OC(=O)NC1CCCN(C(=O)CS(=O)(=O)c2cccc(Br)c2)C1. The van der Waals surface area contributed by atoms with Crippen LogP contribution in [0, 0.1) is 0 Å². The second-order valence-corrected chi connectivity index (χ2v) is 10.4. The molecular weight excluding hydrogens is 436 g/mol. The molecule has 1 atom stereocenters. The maximum absolute atomic E-state index is 12.5. The summed E-state index contributed by atoms with van der Waals surface area (Å²) in [5, 5.41) is 2.75. The second-order valence-electron chi connectivity index (χ2n) is 7.54. The van der Waals surface area contributed by atoms with Crippen LogP contribution in [0.2, 0.25) is 0 Å². The fourth-order valence-corrected chi connectivity index (χ4v) is 4.61. The number of piperidine rings is 1. The van der Waals surface area contributed by atoms with Gasteiger partial charge in [0.1, 0.15) is 11.4 Å². The number of nitrogens with one attached hydrogen (secondary N) is 1. The highest BCUT2D eigenvalue weighted by atomic mass is 79.9. The third kappa shape index (κ3) is 6.80. The molecule has 150 valence electrons. The maximum Gasteiger partial charge on any atom is 0.407 e. The normalized spacial score (nSPS) is 18.1. The molecule has 0 spiro atoms. The molecule has 1 heterocycles. The van der Waals surface area contributed by atoms with E-state index >= 15 is 0 Å². The largest absolute Gasteiger partial charge is 0.444 e. The molecule has 2 rings (SSSR count). The van der Waals surface area contributed by atoms with Gasteiger partial charge in [0.2, 0.25) is 5.91 Å². The van der Waals surface area contributed by atoms with E-state index in [1.54, 1.807) is 32.9 Å². The van der Waals surface area contributed by atoms with Gasteiger partial charge in [0.05, 0.1) is 4.90 Å². The van der Waals surface area contributed by atoms with Gasteiger partial charge in [-0.3, -0.25) is 4.79 Å². The van der Waals surface area contributed by atoms with Crippen molar-refractivity contribution in [2.45, 2.75) is 50.2 Å². The van der Waals surface area contributed by atoms with E-state index < -0.39 is 33.2 Å². The highest BCUT2D eigenvalue weighted by Crippen LogP contribution is 2.19. The summed E-state index contributed by atoms with van der Waals surface area (Å²) in [7, 11) is -3.73. The van der Waals surface area contributed by atoms with E-state index in [1.807, 2.05) is 0 Å². The monoisotopic (exact) mass is 460 g/mol. The Hall–Kier alpha value is -1.61. The number of halogens is 1. The van der Waals surface area contributed by atoms with Crippen LogP contribution >= 0.6 is 15.9 Å². The summed E-state index contributed by atoms with van der Waals surface area (Å²) in [6.45, 7) is 6.06. The van der Waals surface area contributed by atoms with Crippen molar-refractivity contribution in [3.8, 4) is 0 Å². The summed E-state index contributed by atoms with van der Waals surface area (Å²) in [6, 6.07) is 6.02. The van der Waals surface area contributed by atoms with Gasteiger partial charge in [-0.25, -0.2) is 13.2 Å². The Morgan fingerprint density at radius 1 is 1.33 bits per heavy atom. The first-order valence-electron chi connectivity index (χ1n) is 8.72. The number of hydrogen-bond donors (Lipinski definition) is 1. The van der Waals surface area contributed by atoms with E-state index in [-0.39, 0.29) is 17.5 Å². The predicted molar refractivity (Wildman–Crippen MR) is 105 cm³/mol. The molecule has 0 aromatic heterocycles. The Labute approximate surface area is 168 Å². The van der Waals surface area contributed by atoms with Crippen LogP contribution in [0.15, 0.2) is 33.6 Å². The molecule has 0 aliphatic carbocycles. The smallest absolute Gasteiger partial charge is 0.407 e. The van der Waals surface area contributed by atoms with Crippen molar-refractivity contribution >= 4 is 37.8 Å². The van der Waals surface area contributed by atoms with Gasteiger partial charge in [0.15, 0.2) is 9.84 Å². The molecule has 0 bridgehead atoms. The number of amides is 2. The van der Waals surface area contributed by atoms with Gasteiger partial charge < -0.3 is 15.0 Å². The van der Waals surface area contributed by atoms with Crippen molar-refractivity contribution in [2.24, 2.45) is 0 Å². The third-order valence-corrected chi connectivity index (χ3v) is 6.06. The van der Waals surface area contributed by atoms with Gasteiger partial charge in [-0.2, -0.15) is 0 Å². The van der Waals surface area contributed by atoms with Crippen LogP contribution in [-0.4, -0.2) is 55.8 Å². The Kier molecular flexibility index (Phi) is 6.91. The summed E-state index contributed by atoms with van der Waals surface area (Å²) >= 11 is 3.24. The lowest BCUT2D eigenvalue weighted by atomic mass is 10.1. The van der Waals surface area contributed by atoms with E-state index in [9.17, 15) is 18.0 Å². The Bertz CT molecular complexity index is 804. The summed E-state index contributed by atoms with van der Waals surface area (Å²) in [5.74, 6) is -1.06. The highest BCUT2D eigenvalue weighted by Gasteiger charge is 2.29. The third-order valence-electron chi connectivity index (χ3n) is 3.96. The number of carbonyl (C=O) groups excluding carboxylic acids is 2. The zero-order valence-corrected chi connectivity index (χ0v) is 18.1. The molecule has 0 saturated carbocycles. The van der Waals surface area contributed by atoms with Gasteiger partial charge in [-0.05, 0) is 51.8 Å². The average molecular weight is 461 g/mol. The van der Waals surface area contributed by atoms with E-state index in [4.69, 9.17) is 4.74 Å². The number of benzene rings is 1. The Morgan fingerprint density at radius 2 is 2.04 bits per heavy atom. The highest BCUT2D eigenvalue weighted by molar-refractivity contribution is 9.10. The van der Waals surface area contributed by atoms with Gasteiger partial charge in [0, 0.05) is 23.6 Å². The molecule has 1 aromatic rings. The maximum atomic E-state index is 12.5. The van der Waals surface area contributed by atoms with Crippen molar-refractivity contribution in [3.05, 3.63) is 28.7 Å². The topological polar surface area (TPSA) is 92.8 Å². The molecule has 1 aliphatic rings. The molecule has 27 heavy (non-hydrogen) atoms. The van der Waals surface area contributed by atoms with Crippen molar-refractivity contribution in [1.82, 2.24) is 10.2 Å². The quantitative estimate of drug-likeness (QED) is 0.745. The fraction of sp³-hybridized carbons (Fsp3) is 0.556. The molecule has 1 saturated heterocycles. The zero-order valence-electron chi connectivity index (χ0n) is 15.7. The van der Waals surface area contributed by atoms with Crippen molar-refractivity contribution < 1.29 is 22.7 Å². The first-order valence-corrected chi connectivity index (χ1v) is 11.2. The van der Waals surface area contributed by atoms with Gasteiger partial charge in [-0.15, -0.1) is 0 Å². The minimum Gasteiger partial charge on any atom is -0.444 e. The van der Waals surface area contributed by atoms with Crippen LogP contribution in [-0.2, 0) is 19.4 Å². The minimum atomic E-state index is -3.73. The Morgan fingerprint density at radius 3 is 2.67 bits per heavy atom. The van der Waals surface area contributed by atoms with Crippen LogP contribution in [0.3, 0.4) is 0 Å².